The van der Waals surface area contributed by atoms with Gasteiger partial charge >= 0.3 is 17.9 Å². The molecule has 1 fully saturated rings. The van der Waals surface area contributed by atoms with Gasteiger partial charge in [-0.15, -0.1) is 5.92 Å². The lowest BCUT2D eigenvalue weighted by atomic mass is 9.82. The van der Waals surface area contributed by atoms with Gasteiger partial charge in [-0.1, -0.05) is 75.7 Å². The second kappa shape index (κ2) is 27.3. The fourth-order valence-electron chi connectivity index (χ4n) is 6.13. The molecule has 0 aliphatic carbocycles. The summed E-state index contributed by atoms with van der Waals surface area (Å²) in [6, 6.07) is 5.55. The number of carboxylic acid groups (broad SMARTS) is 1. The normalized spacial score (nSPS) is 15.2. The highest BCUT2D eigenvalue weighted by Crippen LogP contribution is 2.26. The second-order valence-electron chi connectivity index (χ2n) is 13.8. The molecule has 55 heavy (non-hydrogen) atoms. The number of allylic oxidation sites excluding steroid dienone is 1. The Morgan fingerprint density at radius 3 is 2.25 bits per heavy atom. The summed E-state index contributed by atoms with van der Waals surface area (Å²) in [6.07, 6.45) is 12.1. The molecule has 0 aromatic heterocycles. The number of benzene rings is 1. The van der Waals surface area contributed by atoms with Crippen LogP contribution in [0.1, 0.15) is 103 Å². The van der Waals surface area contributed by atoms with Crippen LogP contribution in [0.2, 0.25) is 0 Å². The van der Waals surface area contributed by atoms with E-state index in [2.05, 4.69) is 24.1 Å². The maximum absolute atomic E-state index is 13.9. The summed E-state index contributed by atoms with van der Waals surface area (Å²) in [5.41, 5.74) is -2.25. The number of methoxy groups -OCH3 is 1. The van der Waals surface area contributed by atoms with Gasteiger partial charge in [0.05, 0.1) is 32.7 Å². The minimum Gasteiger partial charge on any atom is -0.481 e. The fraction of sp³-hybridized carbons (Fsp3) is 0.643. The number of carboxylic acids is 1. The molecule has 13 heteroatoms. The fourth-order valence-corrected chi connectivity index (χ4v) is 6.13. The van der Waals surface area contributed by atoms with Crippen LogP contribution in [0.15, 0.2) is 36.4 Å². The summed E-state index contributed by atoms with van der Waals surface area (Å²) in [7, 11) is 1.16. The second-order valence-corrected chi connectivity index (χ2v) is 13.8. The minimum atomic E-state index is -2.89. The Morgan fingerprint density at radius 1 is 0.982 bits per heavy atom. The molecule has 3 N–H and O–H groups in total. The van der Waals surface area contributed by atoms with E-state index in [0.29, 0.717) is 69.8 Å². The number of hydrogen-bond acceptors (Lipinski definition) is 11. The van der Waals surface area contributed by atoms with Crippen LogP contribution in [-0.2, 0) is 44.6 Å². The maximum atomic E-state index is 13.9. The Morgan fingerprint density at radius 2 is 1.64 bits per heavy atom. The zero-order valence-electron chi connectivity index (χ0n) is 33.0. The molecular formula is C42H62N2O11. The van der Waals surface area contributed by atoms with Crippen LogP contribution in [-0.4, -0.2) is 110 Å². The third-order valence-electron chi connectivity index (χ3n) is 9.47. The number of unbranched alkanes of at least 4 members (excludes halogenated alkanes) is 8. The van der Waals surface area contributed by atoms with Crippen LogP contribution >= 0.6 is 0 Å². The number of aliphatic hydroxyl groups is 1. The molecule has 1 saturated heterocycles. The lowest BCUT2D eigenvalue weighted by Crippen LogP contribution is -2.55. The van der Waals surface area contributed by atoms with Crippen LogP contribution in [0, 0.1) is 17.8 Å². The number of ether oxygens (including phenoxy) is 4. The van der Waals surface area contributed by atoms with Crippen LogP contribution in [0.5, 0.6) is 5.75 Å². The molecular weight excluding hydrogens is 708 g/mol. The monoisotopic (exact) mass is 770 g/mol. The molecule has 0 saturated carbocycles. The van der Waals surface area contributed by atoms with Crippen molar-refractivity contribution in [3.05, 3.63) is 42.0 Å². The molecule has 0 radical (unpaired) electrons. The van der Waals surface area contributed by atoms with Gasteiger partial charge in [0.25, 0.3) is 0 Å². The first-order chi connectivity index (χ1) is 26.5. The maximum Gasteiger partial charge on any atom is 0.337 e. The molecule has 306 valence electrons. The predicted octanol–water partition coefficient (Wildman–Crippen LogP) is 4.81. The van der Waals surface area contributed by atoms with E-state index in [9.17, 15) is 34.2 Å². The van der Waals surface area contributed by atoms with Crippen molar-refractivity contribution >= 4 is 29.6 Å². The highest BCUT2D eigenvalue weighted by molar-refractivity contribution is 5.95. The molecule has 3 atom stereocenters. The van der Waals surface area contributed by atoms with Gasteiger partial charge < -0.3 is 34.5 Å². The highest BCUT2D eigenvalue weighted by Gasteiger charge is 2.49. The first-order valence-corrected chi connectivity index (χ1v) is 19.6. The SMILES string of the molecule is CC#CCOc1ccc(C[C@H](NC(=O)[C@@H](/C=C/CCCCCCC(=O)CCCCCCC)[C@@](O)(CC(=O)OCCN2CCOCC2)C(=O)O)C(=O)OC)cc1. The topological polar surface area (TPSA) is 178 Å². The van der Waals surface area contributed by atoms with Crippen molar-refractivity contribution in [2.24, 2.45) is 5.92 Å². The lowest BCUT2D eigenvalue weighted by molar-refractivity contribution is -0.174. The average molecular weight is 771 g/mol. The Balaban J connectivity index is 2.12. The number of nitrogens with one attached hydrogen (secondary N) is 1. The van der Waals surface area contributed by atoms with Crippen LogP contribution in [0.4, 0.5) is 0 Å². The summed E-state index contributed by atoms with van der Waals surface area (Å²) in [6.45, 7) is 6.86. The van der Waals surface area contributed by atoms with E-state index in [4.69, 9.17) is 18.9 Å². The average Bonchev–Trinajstić information content (AvgIpc) is 3.17. The number of carbonyl (C=O) groups excluding carboxylic acids is 4. The molecule has 2 rings (SSSR count). The Labute approximate surface area is 326 Å². The molecule has 1 aromatic carbocycles. The molecule has 13 nitrogen and oxygen atoms in total. The Hall–Kier alpha value is -4.25. The van der Waals surface area contributed by atoms with Gasteiger partial charge in [0, 0.05) is 38.9 Å². The number of aliphatic carboxylic acids is 1. The van der Waals surface area contributed by atoms with Crippen molar-refractivity contribution in [1.29, 1.82) is 0 Å². The first-order valence-electron chi connectivity index (χ1n) is 19.6. The van der Waals surface area contributed by atoms with Gasteiger partial charge in [0.15, 0.2) is 5.60 Å². The number of Topliss-reactive ketones (excluding diaryl/α,β-unsaturated/α-hetero) is 1. The largest absolute Gasteiger partial charge is 0.481 e. The van der Waals surface area contributed by atoms with E-state index in [1.165, 1.54) is 18.9 Å². The van der Waals surface area contributed by atoms with Crippen molar-refractivity contribution < 1.29 is 53.1 Å². The minimum absolute atomic E-state index is 0.0136. The number of rotatable bonds is 28. The Bertz CT molecular complexity index is 1410. The quantitative estimate of drug-likeness (QED) is 0.0459. The van der Waals surface area contributed by atoms with Crippen LogP contribution < -0.4 is 10.1 Å². The van der Waals surface area contributed by atoms with Crippen molar-refractivity contribution in [3.63, 3.8) is 0 Å². The standard InChI is InChI=1S/C42H62N2O11/c1-4-6-8-11-14-17-34(45)18-15-12-9-10-13-16-19-36(42(51,41(49)50)32-38(46)55-30-26-44-24-28-53-29-25-44)39(47)43-37(40(48)52-3)31-33-20-22-35(23-21-33)54-27-7-5-2/h16,19-23,36-37,51H,4,6,8-15,17-18,24-32H2,1-3H3,(H,43,47)(H,49,50)/b19-16+/t36-,37+,42+/m1/s1. The van der Waals surface area contributed by atoms with E-state index in [1.54, 1.807) is 37.3 Å². The van der Waals surface area contributed by atoms with Crippen molar-refractivity contribution in [2.75, 3.05) is 53.2 Å². The van der Waals surface area contributed by atoms with E-state index >= 15 is 0 Å². The van der Waals surface area contributed by atoms with Gasteiger partial charge in [0.2, 0.25) is 5.91 Å². The molecule has 1 amide bonds. The van der Waals surface area contributed by atoms with Gasteiger partial charge in [0.1, 0.15) is 30.8 Å². The number of carbonyl (C=O) groups is 5. The smallest absolute Gasteiger partial charge is 0.337 e. The van der Waals surface area contributed by atoms with Crippen molar-refractivity contribution in [1.82, 2.24) is 10.2 Å². The van der Waals surface area contributed by atoms with E-state index in [0.717, 1.165) is 45.6 Å². The number of amides is 1. The molecule has 1 aliphatic heterocycles. The number of ketones is 1. The van der Waals surface area contributed by atoms with E-state index < -0.39 is 47.8 Å². The molecule has 1 aliphatic rings. The summed E-state index contributed by atoms with van der Waals surface area (Å²) in [4.78, 5) is 66.6. The third-order valence-corrected chi connectivity index (χ3v) is 9.47. The molecule has 0 unspecified atom stereocenters. The van der Waals surface area contributed by atoms with Gasteiger partial charge in [-0.25, -0.2) is 9.59 Å². The number of nitrogens with zero attached hydrogens (tertiary/aromatic N) is 1. The molecule has 1 heterocycles. The van der Waals surface area contributed by atoms with Gasteiger partial charge in [-0.05, 0) is 50.3 Å². The summed E-state index contributed by atoms with van der Waals surface area (Å²) >= 11 is 0. The zero-order chi connectivity index (χ0) is 40.3. The van der Waals surface area contributed by atoms with Gasteiger partial charge in [-0.3, -0.25) is 19.3 Å². The molecule has 1 aromatic rings. The zero-order valence-corrected chi connectivity index (χ0v) is 33.0. The number of hydrogen-bond donors (Lipinski definition) is 3. The summed E-state index contributed by atoms with van der Waals surface area (Å²) in [5.74, 6) is 0.0602. The van der Waals surface area contributed by atoms with Crippen LogP contribution in [0.25, 0.3) is 0 Å². The van der Waals surface area contributed by atoms with Crippen molar-refractivity contribution in [2.45, 2.75) is 115 Å². The predicted molar refractivity (Wildman–Crippen MR) is 207 cm³/mol. The third kappa shape index (κ3) is 18.8. The highest BCUT2D eigenvalue weighted by atomic mass is 16.5. The molecule has 0 bridgehead atoms. The van der Waals surface area contributed by atoms with E-state index in [1.807, 2.05) is 4.90 Å². The summed E-state index contributed by atoms with van der Waals surface area (Å²) < 4.78 is 21.1. The molecule has 0 spiro atoms. The van der Waals surface area contributed by atoms with E-state index in [-0.39, 0.29) is 25.4 Å². The summed E-state index contributed by atoms with van der Waals surface area (Å²) in [5, 5.41) is 24.4. The first kappa shape index (κ1) is 46.9. The lowest BCUT2D eigenvalue weighted by Gasteiger charge is -2.30. The Kier molecular flexibility index (Phi) is 23.3. The van der Waals surface area contributed by atoms with Crippen LogP contribution in [0.3, 0.4) is 0 Å². The number of morpholine rings is 1. The number of esters is 2. The van der Waals surface area contributed by atoms with Gasteiger partial charge in [-0.2, -0.15) is 0 Å². The van der Waals surface area contributed by atoms with Crippen molar-refractivity contribution in [3.8, 4) is 17.6 Å².